The molecule has 2 atom stereocenters. The normalized spacial score (nSPS) is 12.5. The summed E-state index contributed by atoms with van der Waals surface area (Å²) in [6, 6.07) is 0. The molecule has 0 saturated carbocycles. The second-order valence-electron chi connectivity index (χ2n) is 14.7. The van der Waals surface area contributed by atoms with Crippen molar-refractivity contribution in [2.75, 3.05) is 13.2 Å². The molecule has 6 heteroatoms. The van der Waals surface area contributed by atoms with Gasteiger partial charge in [-0.05, 0) is 38.0 Å². The zero-order valence-electron chi connectivity index (χ0n) is 32.9. The Balaban J connectivity index is 4.02. The lowest BCUT2D eigenvalue weighted by Gasteiger charge is -2.18. The van der Waals surface area contributed by atoms with Crippen molar-refractivity contribution in [2.45, 2.75) is 239 Å². The molecule has 0 saturated heterocycles. The molecule has 0 N–H and O–H groups in total. The number of hydrogen-bond acceptors (Lipinski definition) is 6. The zero-order chi connectivity index (χ0) is 35.9. The fraction of sp³-hybridized carbons (Fsp3) is 0.930. The number of ether oxygens (including phenoxy) is 3. The van der Waals surface area contributed by atoms with E-state index in [2.05, 4.69) is 20.8 Å². The van der Waals surface area contributed by atoms with Crippen LogP contribution in [-0.4, -0.2) is 37.7 Å². The smallest absolute Gasteiger partial charge is 0.305 e. The highest BCUT2D eigenvalue weighted by atomic mass is 16.5. The highest BCUT2D eigenvalue weighted by Crippen LogP contribution is 2.24. The Bertz CT molecular complexity index is 710. The van der Waals surface area contributed by atoms with E-state index in [9.17, 15) is 14.4 Å². The van der Waals surface area contributed by atoms with Crippen molar-refractivity contribution in [3.05, 3.63) is 0 Å². The van der Waals surface area contributed by atoms with Gasteiger partial charge in [0.15, 0.2) is 0 Å². The van der Waals surface area contributed by atoms with E-state index in [0.717, 1.165) is 51.4 Å². The van der Waals surface area contributed by atoms with Crippen molar-refractivity contribution in [3.63, 3.8) is 0 Å². The van der Waals surface area contributed by atoms with Gasteiger partial charge in [0.1, 0.15) is 6.10 Å². The van der Waals surface area contributed by atoms with Gasteiger partial charge in [0.25, 0.3) is 6.47 Å². The third-order valence-corrected chi connectivity index (χ3v) is 10.1. The monoisotopic (exact) mass is 695 g/mol. The van der Waals surface area contributed by atoms with Crippen molar-refractivity contribution in [1.82, 2.24) is 0 Å². The summed E-state index contributed by atoms with van der Waals surface area (Å²) >= 11 is 0. The second kappa shape index (κ2) is 39.2. The van der Waals surface area contributed by atoms with E-state index >= 15 is 0 Å². The third-order valence-electron chi connectivity index (χ3n) is 10.1. The van der Waals surface area contributed by atoms with E-state index < -0.39 is 0 Å². The first-order chi connectivity index (χ1) is 24.1. The summed E-state index contributed by atoms with van der Waals surface area (Å²) in [6.07, 6.45) is 37.6. The van der Waals surface area contributed by atoms with Crippen LogP contribution in [0, 0.1) is 5.92 Å². The van der Waals surface area contributed by atoms with Crippen molar-refractivity contribution >= 4 is 18.4 Å². The fourth-order valence-electron chi connectivity index (χ4n) is 6.76. The molecule has 2 unspecified atom stereocenters. The van der Waals surface area contributed by atoms with Gasteiger partial charge in [-0.25, -0.2) is 0 Å². The number of esters is 2. The quantitative estimate of drug-likeness (QED) is 0.0275. The van der Waals surface area contributed by atoms with Crippen LogP contribution in [0.4, 0.5) is 0 Å². The molecule has 0 aliphatic heterocycles. The lowest BCUT2D eigenvalue weighted by molar-refractivity contribution is -0.146. The average molecular weight is 695 g/mol. The first kappa shape index (κ1) is 47.4. The van der Waals surface area contributed by atoms with Gasteiger partial charge in [-0.2, -0.15) is 0 Å². The van der Waals surface area contributed by atoms with Gasteiger partial charge < -0.3 is 14.2 Å². The van der Waals surface area contributed by atoms with Gasteiger partial charge in [0.05, 0.1) is 13.2 Å². The summed E-state index contributed by atoms with van der Waals surface area (Å²) < 4.78 is 16.3. The first-order valence-corrected chi connectivity index (χ1v) is 21.5. The summed E-state index contributed by atoms with van der Waals surface area (Å²) in [5, 5.41) is 0. The molecular formula is C43H82O6. The lowest BCUT2D eigenvalue weighted by atomic mass is 9.90. The predicted molar refractivity (Wildman–Crippen MR) is 206 cm³/mol. The van der Waals surface area contributed by atoms with Crippen LogP contribution in [0.2, 0.25) is 0 Å². The van der Waals surface area contributed by atoms with Crippen molar-refractivity contribution in [2.24, 2.45) is 5.92 Å². The lowest BCUT2D eigenvalue weighted by Crippen LogP contribution is -2.17. The standard InChI is InChI=1S/C43H82O6/c1-4-7-10-13-17-22-26-31-40(30-25-21-14-11-8-5-2)34-35-43(46)48-38-36-41(49-39-44)32-27-23-18-15-16-19-24-29-37-47-42(45)33-28-20-12-9-6-3/h39-41H,4-38H2,1-3H3. The van der Waals surface area contributed by atoms with Gasteiger partial charge >= 0.3 is 11.9 Å². The maximum Gasteiger partial charge on any atom is 0.305 e. The largest absolute Gasteiger partial charge is 0.466 e. The number of carbonyl (C=O) groups is 3. The molecule has 0 radical (unpaired) electrons. The molecule has 0 aromatic heterocycles. The summed E-state index contributed by atoms with van der Waals surface area (Å²) in [5.74, 6) is 0.483. The van der Waals surface area contributed by atoms with Crippen LogP contribution < -0.4 is 0 Å². The van der Waals surface area contributed by atoms with E-state index in [1.165, 1.54) is 141 Å². The van der Waals surface area contributed by atoms with E-state index in [4.69, 9.17) is 14.2 Å². The van der Waals surface area contributed by atoms with Crippen LogP contribution in [0.15, 0.2) is 0 Å². The van der Waals surface area contributed by atoms with E-state index in [1.54, 1.807) is 0 Å². The van der Waals surface area contributed by atoms with Crippen LogP contribution in [0.5, 0.6) is 0 Å². The van der Waals surface area contributed by atoms with Crippen molar-refractivity contribution < 1.29 is 28.6 Å². The van der Waals surface area contributed by atoms with Gasteiger partial charge in [-0.3, -0.25) is 14.4 Å². The minimum absolute atomic E-state index is 0.0388. The molecule has 0 aromatic rings. The molecule has 0 rings (SSSR count). The molecule has 49 heavy (non-hydrogen) atoms. The Morgan fingerprint density at radius 2 is 0.837 bits per heavy atom. The van der Waals surface area contributed by atoms with E-state index in [1.807, 2.05) is 0 Å². The Morgan fingerprint density at radius 3 is 1.35 bits per heavy atom. The minimum atomic E-state index is -0.179. The Morgan fingerprint density at radius 1 is 0.429 bits per heavy atom. The van der Waals surface area contributed by atoms with Crippen LogP contribution in [0.1, 0.15) is 233 Å². The molecule has 290 valence electrons. The van der Waals surface area contributed by atoms with E-state index in [0.29, 0.717) is 44.9 Å². The fourth-order valence-corrected chi connectivity index (χ4v) is 6.76. The summed E-state index contributed by atoms with van der Waals surface area (Å²) in [5.41, 5.74) is 0. The zero-order valence-corrected chi connectivity index (χ0v) is 32.9. The summed E-state index contributed by atoms with van der Waals surface area (Å²) in [7, 11) is 0. The number of hydrogen-bond donors (Lipinski definition) is 0. The number of rotatable bonds is 40. The van der Waals surface area contributed by atoms with E-state index in [-0.39, 0.29) is 18.0 Å². The first-order valence-electron chi connectivity index (χ1n) is 21.5. The molecular weight excluding hydrogens is 612 g/mol. The average Bonchev–Trinajstić information content (AvgIpc) is 3.10. The molecule has 0 spiro atoms. The Labute approximate surface area is 304 Å². The van der Waals surface area contributed by atoms with Crippen LogP contribution in [-0.2, 0) is 28.6 Å². The molecule has 0 aliphatic carbocycles. The second-order valence-corrected chi connectivity index (χ2v) is 14.7. The molecule has 0 bridgehead atoms. The maximum absolute atomic E-state index is 12.6. The summed E-state index contributed by atoms with van der Waals surface area (Å²) in [4.78, 5) is 35.5. The molecule has 0 aliphatic rings. The maximum atomic E-state index is 12.6. The van der Waals surface area contributed by atoms with Gasteiger partial charge in [-0.1, -0.05) is 181 Å². The Hall–Kier alpha value is -1.59. The van der Waals surface area contributed by atoms with Crippen LogP contribution >= 0.6 is 0 Å². The van der Waals surface area contributed by atoms with Crippen molar-refractivity contribution in [1.29, 1.82) is 0 Å². The predicted octanol–water partition coefficient (Wildman–Crippen LogP) is 13.2. The Kier molecular flexibility index (Phi) is 37.9. The highest BCUT2D eigenvalue weighted by molar-refractivity contribution is 5.69. The molecule has 0 fully saturated rings. The van der Waals surface area contributed by atoms with Crippen LogP contribution in [0.3, 0.4) is 0 Å². The highest BCUT2D eigenvalue weighted by Gasteiger charge is 2.14. The topological polar surface area (TPSA) is 78.9 Å². The minimum Gasteiger partial charge on any atom is -0.466 e. The van der Waals surface area contributed by atoms with Gasteiger partial charge in [-0.15, -0.1) is 0 Å². The summed E-state index contributed by atoms with van der Waals surface area (Å²) in [6.45, 7) is 8.15. The third kappa shape index (κ3) is 36.0. The molecule has 6 nitrogen and oxygen atoms in total. The molecule has 0 amide bonds. The SMILES string of the molecule is CCCCCCCCCC(CCCCCCCC)CCC(=O)OCCC(CCCCCCCCCCOC(=O)CCCCCCC)OC=O. The van der Waals surface area contributed by atoms with Gasteiger partial charge in [0.2, 0.25) is 0 Å². The van der Waals surface area contributed by atoms with Gasteiger partial charge in [0, 0.05) is 19.3 Å². The van der Waals surface area contributed by atoms with Crippen molar-refractivity contribution in [3.8, 4) is 0 Å². The van der Waals surface area contributed by atoms with Crippen LogP contribution in [0.25, 0.3) is 0 Å². The molecule has 0 heterocycles. The number of unbranched alkanes of at least 4 members (excludes halogenated alkanes) is 22. The number of carbonyl (C=O) groups excluding carboxylic acids is 3. The molecule has 0 aromatic carbocycles.